The number of benzene rings is 3. The van der Waals surface area contributed by atoms with Gasteiger partial charge in [-0.2, -0.15) is 0 Å². The summed E-state index contributed by atoms with van der Waals surface area (Å²) in [5, 5.41) is 4.94. The van der Waals surface area contributed by atoms with Crippen LogP contribution < -0.4 is 30.1 Å². The predicted octanol–water partition coefficient (Wildman–Crippen LogP) is 6.79. The zero-order chi connectivity index (χ0) is 26.3. The second-order valence-electron chi connectivity index (χ2n) is 9.89. The van der Waals surface area contributed by atoms with E-state index in [0.717, 1.165) is 17.2 Å². The van der Waals surface area contributed by atoms with Crippen molar-refractivity contribution < 1.29 is 14.2 Å². The molecule has 0 radical (unpaired) electrons. The van der Waals surface area contributed by atoms with Crippen molar-refractivity contribution in [2.45, 2.75) is 32.6 Å². The molecule has 3 aromatic carbocycles. The third-order valence-electron chi connectivity index (χ3n) is 8.34. The first-order chi connectivity index (χ1) is 17.0. The first-order valence-electron chi connectivity index (χ1n) is 12.1. The number of allylic oxidation sites excluding steroid dienone is 4. The van der Waals surface area contributed by atoms with Gasteiger partial charge in [0.2, 0.25) is 0 Å². The third-order valence-corrected chi connectivity index (χ3v) is 15.6. The number of hydrogen-bond donors (Lipinski definition) is 0. The van der Waals surface area contributed by atoms with Gasteiger partial charge in [-0.15, -0.1) is 0 Å². The van der Waals surface area contributed by atoms with Crippen LogP contribution >= 0.6 is 18.2 Å². The van der Waals surface area contributed by atoms with Gasteiger partial charge in [0, 0.05) is 0 Å². The Morgan fingerprint density at radius 1 is 0.583 bits per heavy atom. The van der Waals surface area contributed by atoms with E-state index in [1.807, 2.05) is 0 Å². The minimum atomic E-state index is -3.38. The van der Waals surface area contributed by atoms with Crippen molar-refractivity contribution in [3.05, 3.63) is 94.8 Å². The summed E-state index contributed by atoms with van der Waals surface area (Å²) in [6, 6.07) is 25.6. The molecule has 0 fully saturated rings. The van der Waals surface area contributed by atoms with Crippen LogP contribution in [0.3, 0.4) is 0 Å². The molecule has 0 amide bonds. The molecule has 1 aliphatic carbocycles. The molecule has 0 N–H and O–H groups in total. The number of ether oxygens (including phenoxy) is 3. The van der Waals surface area contributed by atoms with E-state index in [1.54, 1.807) is 21.3 Å². The van der Waals surface area contributed by atoms with Gasteiger partial charge in [0.1, 0.15) is 0 Å². The third kappa shape index (κ3) is 3.59. The maximum atomic E-state index is 7.62. The van der Waals surface area contributed by atoms with Crippen molar-refractivity contribution >= 4 is 34.1 Å². The van der Waals surface area contributed by atoms with E-state index in [1.165, 1.54) is 37.9 Å². The van der Waals surface area contributed by atoms with Crippen LogP contribution in [0, 0.1) is 0 Å². The molecule has 1 unspecified atom stereocenters. The van der Waals surface area contributed by atoms with E-state index >= 15 is 0 Å². The summed E-state index contributed by atoms with van der Waals surface area (Å²) in [5.41, 5.74) is 3.71. The predicted molar refractivity (Wildman–Crippen MR) is 156 cm³/mol. The van der Waals surface area contributed by atoms with Gasteiger partial charge in [-0.05, 0) is 0 Å². The molecule has 4 rings (SSSR count). The molecule has 0 aromatic heterocycles. The molecule has 0 saturated heterocycles. The van der Waals surface area contributed by atoms with E-state index < -0.39 is 11.5 Å². The Labute approximate surface area is 220 Å². The number of rotatable bonds is 7. The molecular formula is C31H36ClO3P. The number of hydrogen-bond acceptors (Lipinski definition) is 3. The molecule has 36 heavy (non-hydrogen) atoms. The Kier molecular flexibility index (Phi) is 6.79. The van der Waals surface area contributed by atoms with Gasteiger partial charge < -0.3 is 0 Å². The topological polar surface area (TPSA) is 27.7 Å². The monoisotopic (exact) mass is 522 g/mol. The number of methoxy groups -OCH3 is 3. The quantitative estimate of drug-likeness (QED) is 0.252. The van der Waals surface area contributed by atoms with Gasteiger partial charge in [-0.25, -0.2) is 0 Å². The molecule has 1 atom stereocenters. The van der Waals surface area contributed by atoms with Crippen LogP contribution in [0.2, 0.25) is 0 Å². The van der Waals surface area contributed by atoms with Gasteiger partial charge in [0.05, 0.1) is 0 Å². The Morgan fingerprint density at radius 3 is 1.11 bits per heavy atom. The fourth-order valence-corrected chi connectivity index (χ4v) is 13.5. The Balaban J connectivity index is 2.24. The van der Waals surface area contributed by atoms with Crippen molar-refractivity contribution in [3.63, 3.8) is 0 Å². The van der Waals surface area contributed by atoms with Gasteiger partial charge in [-0.1, -0.05) is 0 Å². The van der Waals surface area contributed by atoms with Crippen LogP contribution in [-0.4, -0.2) is 32.9 Å². The Bertz CT molecular complexity index is 1220. The van der Waals surface area contributed by atoms with Crippen molar-refractivity contribution in [2.24, 2.45) is 0 Å². The average Bonchev–Trinajstić information content (AvgIpc) is 3.07. The summed E-state index contributed by atoms with van der Waals surface area (Å²) in [6.45, 7) is 7.79. The van der Waals surface area contributed by atoms with Crippen LogP contribution in [0.5, 0.6) is 17.2 Å². The van der Waals surface area contributed by atoms with Crippen LogP contribution in [0.15, 0.2) is 94.8 Å². The fourth-order valence-electron chi connectivity index (χ4n) is 5.98. The van der Waals surface area contributed by atoms with E-state index in [2.05, 4.69) is 107 Å². The molecule has 5 heteroatoms. The summed E-state index contributed by atoms with van der Waals surface area (Å²) < 4.78 is 16.6. The Hall–Kier alpha value is -2.74. The van der Waals surface area contributed by atoms with Crippen molar-refractivity contribution in [2.75, 3.05) is 28.0 Å². The van der Waals surface area contributed by atoms with Crippen LogP contribution in [-0.2, 0) is 0 Å². The van der Waals surface area contributed by atoms with Gasteiger partial charge in [0.15, 0.2) is 0 Å². The molecule has 3 aromatic rings. The van der Waals surface area contributed by atoms with Crippen LogP contribution in [0.4, 0.5) is 0 Å². The molecule has 190 valence electrons. The normalized spacial score (nSPS) is 19.2. The summed E-state index contributed by atoms with van der Waals surface area (Å²) in [7, 11) is 5.09. The van der Waals surface area contributed by atoms with Crippen molar-refractivity contribution in [1.82, 2.24) is 0 Å². The molecule has 3 nitrogen and oxygen atoms in total. The molecule has 0 bridgehead atoms. The van der Waals surface area contributed by atoms with Gasteiger partial charge >= 0.3 is 221 Å². The van der Waals surface area contributed by atoms with E-state index in [4.69, 9.17) is 25.8 Å². The zero-order valence-corrected chi connectivity index (χ0v) is 24.1. The van der Waals surface area contributed by atoms with Gasteiger partial charge in [0.25, 0.3) is 0 Å². The number of alkyl halides is 1. The maximum absolute atomic E-state index is 7.62. The summed E-state index contributed by atoms with van der Waals surface area (Å²) in [4.78, 5) is -0.652. The molecule has 1 aliphatic rings. The molecule has 0 spiro atoms. The van der Waals surface area contributed by atoms with E-state index in [9.17, 15) is 0 Å². The number of halogens is 1. The minimum absolute atomic E-state index is 0.652. The average molecular weight is 523 g/mol. The Morgan fingerprint density at radius 2 is 0.889 bits per heavy atom. The molecule has 0 heterocycles. The van der Waals surface area contributed by atoms with Crippen molar-refractivity contribution in [1.29, 1.82) is 0 Å². The second kappa shape index (κ2) is 9.29. The zero-order valence-electron chi connectivity index (χ0n) is 22.5. The summed E-state index contributed by atoms with van der Waals surface area (Å²) in [6.07, 6.45) is 0. The van der Waals surface area contributed by atoms with Crippen LogP contribution in [0.1, 0.15) is 27.7 Å². The van der Waals surface area contributed by atoms with E-state index in [-0.39, 0.29) is 0 Å². The first kappa shape index (κ1) is 26.3. The second-order valence-corrected chi connectivity index (χ2v) is 15.8. The molecule has 0 aliphatic heterocycles. The fraction of sp³-hybridized carbons (Fsp3) is 0.290. The van der Waals surface area contributed by atoms with Crippen molar-refractivity contribution in [3.8, 4) is 17.2 Å². The molecule has 0 saturated carbocycles. The summed E-state index contributed by atoms with van der Waals surface area (Å²) in [5.74, 6) is 2.47. The van der Waals surface area contributed by atoms with Crippen LogP contribution in [0.25, 0.3) is 0 Å². The van der Waals surface area contributed by atoms with Gasteiger partial charge in [-0.3, -0.25) is 0 Å². The van der Waals surface area contributed by atoms with E-state index in [0.29, 0.717) is 0 Å². The first-order valence-corrected chi connectivity index (χ1v) is 15.1. The SMILES string of the molecule is COc1ccc(P(C)(C2=C(C)C(C)=C(C)C2(C)Cl)(c2ccc(OC)cc2)c2ccc(OC)cc2)cc1. The molecular weight excluding hydrogens is 487 g/mol. The summed E-state index contributed by atoms with van der Waals surface area (Å²) >= 11 is 7.62. The standard InChI is InChI=1S/C31H36ClO3P/c1-21-22(2)30(31(4,32)23(21)3)36(8,27-15-9-24(33-5)10-16-27,28-17-11-25(34-6)12-18-28)29-19-13-26(35-7)14-20-29/h9-20H,1-8H3.